The Morgan fingerprint density at radius 2 is 1.83 bits per heavy atom. The molecule has 1 N–H and O–H groups in total. The molecule has 0 aliphatic carbocycles. The van der Waals surface area contributed by atoms with Crippen LogP contribution in [0.25, 0.3) is 0 Å². The van der Waals surface area contributed by atoms with Crippen LogP contribution in [-0.2, 0) is 21.4 Å². The molecule has 0 bridgehead atoms. The first-order chi connectivity index (χ1) is 16.7. The van der Waals surface area contributed by atoms with Gasteiger partial charge in [0.2, 0.25) is 10.0 Å². The van der Waals surface area contributed by atoms with Gasteiger partial charge in [0.25, 0.3) is 5.91 Å². The Balaban J connectivity index is 1.82. The molecule has 0 atom stereocenters. The molecule has 3 rings (SSSR count). The molecule has 3 aromatic carbocycles. The summed E-state index contributed by atoms with van der Waals surface area (Å²) in [7, 11) is -4.04. The quantitative estimate of drug-likeness (QED) is 0.247. The van der Waals surface area contributed by atoms with Crippen LogP contribution in [0.2, 0.25) is 10.0 Å². The number of carbonyl (C=O) groups excluding carboxylic acids is 1. The first kappa shape index (κ1) is 27.2. The summed E-state index contributed by atoms with van der Waals surface area (Å²) < 4.78 is 34.0. The molecule has 7 nitrogen and oxygen atoms in total. The van der Waals surface area contributed by atoms with Gasteiger partial charge >= 0.3 is 0 Å². The molecule has 0 spiro atoms. The molecule has 1 amide bonds. The van der Waals surface area contributed by atoms with Crippen molar-refractivity contribution in [2.45, 2.75) is 18.4 Å². The average molecular weight is 599 g/mol. The summed E-state index contributed by atoms with van der Waals surface area (Å²) in [4.78, 5) is 12.7. The molecule has 0 heterocycles. The molecule has 0 aromatic heterocycles. The zero-order valence-corrected chi connectivity index (χ0v) is 22.5. The number of halogens is 3. The lowest BCUT2D eigenvalue weighted by molar-refractivity contribution is -0.121. The van der Waals surface area contributed by atoms with Gasteiger partial charge in [-0.2, -0.15) is 9.41 Å². The van der Waals surface area contributed by atoms with Crippen molar-refractivity contribution in [3.05, 3.63) is 92.4 Å². The molecular weight excluding hydrogens is 577 g/mol. The SMILES string of the molecule is CCOc1ccccc1/C=N/NC(=O)CN(Cc1ccc(Cl)cc1Cl)S(=O)(=O)c1ccc(Br)cc1. The highest BCUT2D eigenvalue weighted by Crippen LogP contribution is 2.26. The minimum atomic E-state index is -4.04. The zero-order valence-electron chi connectivity index (χ0n) is 18.6. The van der Waals surface area contributed by atoms with Crippen LogP contribution < -0.4 is 10.2 Å². The number of para-hydroxylation sites is 1. The third kappa shape index (κ3) is 7.52. The maximum absolute atomic E-state index is 13.4. The molecule has 0 aliphatic rings. The van der Waals surface area contributed by atoms with E-state index in [1.165, 1.54) is 24.4 Å². The first-order valence-electron chi connectivity index (χ1n) is 10.4. The van der Waals surface area contributed by atoms with E-state index in [-0.39, 0.29) is 11.4 Å². The van der Waals surface area contributed by atoms with Crippen LogP contribution in [0.4, 0.5) is 0 Å². The Morgan fingerprint density at radius 1 is 1.11 bits per heavy atom. The van der Waals surface area contributed by atoms with Crippen molar-refractivity contribution in [3.63, 3.8) is 0 Å². The molecule has 0 fully saturated rings. The summed E-state index contributed by atoms with van der Waals surface area (Å²) in [5.41, 5.74) is 3.55. The molecule has 0 saturated heterocycles. The van der Waals surface area contributed by atoms with Gasteiger partial charge in [-0.15, -0.1) is 0 Å². The van der Waals surface area contributed by atoms with E-state index in [9.17, 15) is 13.2 Å². The number of carbonyl (C=O) groups is 1. The highest BCUT2D eigenvalue weighted by molar-refractivity contribution is 9.10. The van der Waals surface area contributed by atoms with E-state index in [1.54, 1.807) is 36.4 Å². The summed E-state index contributed by atoms with van der Waals surface area (Å²) in [6, 6.07) is 18.1. The number of rotatable bonds is 10. The van der Waals surface area contributed by atoms with Crippen molar-refractivity contribution >= 4 is 61.3 Å². The Morgan fingerprint density at radius 3 is 2.51 bits per heavy atom. The van der Waals surface area contributed by atoms with E-state index < -0.39 is 22.5 Å². The van der Waals surface area contributed by atoms with Crippen LogP contribution in [0.1, 0.15) is 18.1 Å². The number of nitrogens with zero attached hydrogens (tertiary/aromatic N) is 2. The lowest BCUT2D eigenvalue weighted by Crippen LogP contribution is -2.39. The van der Waals surface area contributed by atoms with Gasteiger partial charge in [-0.05, 0) is 61.0 Å². The van der Waals surface area contributed by atoms with Gasteiger partial charge in [0.15, 0.2) is 0 Å². The highest BCUT2D eigenvalue weighted by atomic mass is 79.9. The molecular formula is C24H22BrCl2N3O4S. The number of benzene rings is 3. The van der Waals surface area contributed by atoms with Crippen molar-refractivity contribution in [2.75, 3.05) is 13.2 Å². The van der Waals surface area contributed by atoms with Crippen LogP contribution in [0.3, 0.4) is 0 Å². The fraction of sp³-hybridized carbons (Fsp3) is 0.167. The molecule has 0 aliphatic heterocycles. The molecule has 0 saturated carbocycles. The Labute approximate surface area is 222 Å². The van der Waals surface area contributed by atoms with Gasteiger partial charge in [-0.25, -0.2) is 13.8 Å². The molecule has 184 valence electrons. The number of sulfonamides is 1. The lowest BCUT2D eigenvalue weighted by Gasteiger charge is -2.22. The van der Waals surface area contributed by atoms with Gasteiger partial charge in [-0.1, -0.05) is 57.3 Å². The number of amides is 1. The second-order valence-electron chi connectivity index (χ2n) is 7.23. The third-order valence-electron chi connectivity index (χ3n) is 4.74. The molecule has 0 unspecified atom stereocenters. The van der Waals surface area contributed by atoms with Gasteiger partial charge in [0, 0.05) is 26.6 Å². The van der Waals surface area contributed by atoms with Crippen molar-refractivity contribution in [2.24, 2.45) is 5.10 Å². The van der Waals surface area contributed by atoms with Crippen molar-refractivity contribution < 1.29 is 17.9 Å². The van der Waals surface area contributed by atoms with Crippen LogP contribution in [0.5, 0.6) is 5.75 Å². The zero-order chi connectivity index (χ0) is 25.4. The van der Waals surface area contributed by atoms with Crippen molar-refractivity contribution in [1.29, 1.82) is 0 Å². The topological polar surface area (TPSA) is 88.1 Å². The number of hydrogen-bond acceptors (Lipinski definition) is 5. The molecule has 3 aromatic rings. The van der Waals surface area contributed by atoms with Gasteiger partial charge in [-0.3, -0.25) is 4.79 Å². The molecule has 35 heavy (non-hydrogen) atoms. The first-order valence-corrected chi connectivity index (χ1v) is 13.4. The Hall–Kier alpha value is -2.43. The average Bonchev–Trinajstić information content (AvgIpc) is 2.82. The van der Waals surface area contributed by atoms with E-state index in [4.69, 9.17) is 27.9 Å². The summed E-state index contributed by atoms with van der Waals surface area (Å²) >= 11 is 15.5. The van der Waals surface area contributed by atoms with Gasteiger partial charge in [0.1, 0.15) is 5.75 Å². The van der Waals surface area contributed by atoms with Gasteiger partial charge in [0.05, 0.1) is 24.3 Å². The van der Waals surface area contributed by atoms with E-state index in [2.05, 4.69) is 26.5 Å². The van der Waals surface area contributed by atoms with E-state index >= 15 is 0 Å². The smallest absolute Gasteiger partial charge is 0.255 e. The van der Waals surface area contributed by atoms with Crippen LogP contribution in [-0.4, -0.2) is 38.0 Å². The number of nitrogens with one attached hydrogen (secondary N) is 1. The van der Waals surface area contributed by atoms with E-state index in [0.717, 1.165) is 8.78 Å². The maximum atomic E-state index is 13.4. The van der Waals surface area contributed by atoms with Crippen LogP contribution in [0.15, 0.2) is 81.2 Å². The minimum Gasteiger partial charge on any atom is -0.493 e. The number of hydrazone groups is 1. The fourth-order valence-electron chi connectivity index (χ4n) is 3.06. The maximum Gasteiger partial charge on any atom is 0.255 e. The molecule has 11 heteroatoms. The summed E-state index contributed by atoms with van der Waals surface area (Å²) in [5, 5.41) is 4.67. The third-order valence-corrected chi connectivity index (χ3v) is 7.67. The lowest BCUT2D eigenvalue weighted by atomic mass is 10.2. The second kappa shape index (κ2) is 12.5. The second-order valence-corrected chi connectivity index (χ2v) is 10.9. The largest absolute Gasteiger partial charge is 0.493 e. The van der Waals surface area contributed by atoms with Gasteiger partial charge < -0.3 is 4.74 Å². The molecule has 0 radical (unpaired) electrons. The fourth-order valence-corrected chi connectivity index (χ4v) is 5.17. The Bertz CT molecular complexity index is 1320. The van der Waals surface area contributed by atoms with Crippen LogP contribution in [0, 0.1) is 0 Å². The number of hydrogen-bond donors (Lipinski definition) is 1. The van der Waals surface area contributed by atoms with Crippen LogP contribution >= 0.6 is 39.1 Å². The summed E-state index contributed by atoms with van der Waals surface area (Å²) in [6.45, 7) is 1.72. The highest BCUT2D eigenvalue weighted by Gasteiger charge is 2.27. The minimum absolute atomic E-state index is 0.0349. The monoisotopic (exact) mass is 597 g/mol. The van der Waals surface area contributed by atoms with E-state index in [1.807, 2.05) is 19.1 Å². The van der Waals surface area contributed by atoms with E-state index in [0.29, 0.717) is 33.5 Å². The normalized spacial score (nSPS) is 11.7. The Kier molecular flexibility index (Phi) is 9.71. The number of ether oxygens (including phenoxy) is 1. The standard InChI is InChI=1S/C24H22BrCl2N3O4S/c1-2-34-23-6-4-3-5-17(23)14-28-29-24(31)16-30(15-18-7-10-20(26)13-22(18)27)35(32,33)21-11-8-19(25)9-12-21/h3-14H,2,15-16H2,1H3,(H,29,31)/b28-14+. The summed E-state index contributed by atoms with van der Waals surface area (Å²) in [6.07, 6.45) is 1.44. The predicted molar refractivity (Wildman–Crippen MR) is 142 cm³/mol. The van der Waals surface area contributed by atoms with Crippen molar-refractivity contribution in [3.8, 4) is 5.75 Å². The predicted octanol–water partition coefficient (Wildman–Crippen LogP) is 5.50. The summed E-state index contributed by atoms with van der Waals surface area (Å²) in [5.74, 6) is -0.00858. The van der Waals surface area contributed by atoms with Crippen molar-refractivity contribution in [1.82, 2.24) is 9.73 Å².